The van der Waals surface area contributed by atoms with Crippen molar-refractivity contribution in [2.24, 2.45) is 5.41 Å². The van der Waals surface area contributed by atoms with Crippen molar-refractivity contribution in [2.45, 2.75) is 43.9 Å². The molecule has 4 N–H and O–H groups in total. The van der Waals surface area contributed by atoms with Crippen molar-refractivity contribution in [2.75, 3.05) is 50.7 Å². The quantitative estimate of drug-likeness (QED) is 0.757. The maximum atomic E-state index is 8.90. The molecule has 26 heavy (non-hydrogen) atoms. The van der Waals surface area contributed by atoms with Crippen LogP contribution < -0.4 is 11.5 Å². The third kappa shape index (κ3) is 3.21. The van der Waals surface area contributed by atoms with Crippen LogP contribution in [-0.2, 0) is 5.41 Å². The van der Waals surface area contributed by atoms with Crippen LogP contribution >= 0.6 is 0 Å². The Morgan fingerprint density at radius 1 is 0.731 bits per heavy atom. The Labute approximate surface area is 154 Å². The second kappa shape index (κ2) is 6.63. The van der Waals surface area contributed by atoms with Crippen LogP contribution in [0.5, 0.6) is 0 Å². The zero-order chi connectivity index (χ0) is 18.2. The molecule has 140 valence electrons. The topological polar surface area (TPSA) is 121 Å². The van der Waals surface area contributed by atoms with E-state index in [1.165, 1.54) is 0 Å². The number of hydrogen-bond donors (Lipinski definition) is 2. The third-order valence-corrected chi connectivity index (χ3v) is 6.82. The zero-order valence-electron chi connectivity index (χ0n) is 15.3. The molecule has 7 rings (SSSR count). The first-order valence-corrected chi connectivity index (χ1v) is 9.66. The van der Waals surface area contributed by atoms with Crippen LogP contribution in [0.4, 0.5) is 11.9 Å². The van der Waals surface area contributed by atoms with Gasteiger partial charge >= 0.3 is 0 Å². The fourth-order valence-electron chi connectivity index (χ4n) is 4.80. The number of nitriles is 1. The van der Waals surface area contributed by atoms with Gasteiger partial charge in [-0.1, -0.05) is 0 Å². The number of hydrogen-bond acceptors (Lipinski definition) is 8. The van der Waals surface area contributed by atoms with Crippen molar-refractivity contribution >= 4 is 11.9 Å². The van der Waals surface area contributed by atoms with Gasteiger partial charge in [0, 0.05) is 5.41 Å². The highest BCUT2D eigenvalue weighted by molar-refractivity contribution is 5.29. The van der Waals surface area contributed by atoms with E-state index in [0.29, 0.717) is 0 Å². The molecule has 0 aromatic carbocycles. The molecular weight excluding hydrogens is 328 g/mol. The Morgan fingerprint density at radius 2 is 1.15 bits per heavy atom. The van der Waals surface area contributed by atoms with E-state index in [4.69, 9.17) is 16.7 Å². The number of nitrogens with two attached hydrogens (primary N) is 2. The minimum atomic E-state index is 0.0920. The first-order chi connectivity index (χ1) is 12.5. The molecule has 8 nitrogen and oxygen atoms in total. The molecule has 0 atom stereocenters. The molecule has 6 saturated heterocycles. The number of nitrogens with zero attached hydrogens (tertiary/aromatic N) is 6. The number of nitrogen functional groups attached to an aromatic ring is 2. The molecule has 6 aliphatic heterocycles. The van der Waals surface area contributed by atoms with Crippen LogP contribution in [0.15, 0.2) is 0 Å². The molecule has 0 unspecified atom stereocenters. The van der Waals surface area contributed by atoms with E-state index in [1.807, 2.05) is 0 Å². The van der Waals surface area contributed by atoms with Gasteiger partial charge in [0.25, 0.3) is 0 Å². The molecule has 0 spiro atoms. The molecule has 6 aliphatic rings. The largest absolute Gasteiger partial charge is 0.368 e. The van der Waals surface area contributed by atoms with Gasteiger partial charge in [-0.2, -0.15) is 20.2 Å². The van der Waals surface area contributed by atoms with Crippen molar-refractivity contribution in [3.63, 3.8) is 0 Å². The molecule has 0 amide bonds. The maximum Gasteiger partial charge on any atom is 0.225 e. The Hall–Kier alpha value is -1.98. The van der Waals surface area contributed by atoms with E-state index >= 15 is 0 Å². The molecule has 0 saturated carbocycles. The highest BCUT2D eigenvalue weighted by atomic mass is 15.2. The average molecular weight is 356 g/mol. The van der Waals surface area contributed by atoms with Gasteiger partial charge in [0.15, 0.2) is 0 Å². The monoisotopic (exact) mass is 356 g/mol. The van der Waals surface area contributed by atoms with E-state index in [9.17, 15) is 0 Å². The van der Waals surface area contributed by atoms with Crippen LogP contribution in [0.3, 0.4) is 0 Å². The van der Waals surface area contributed by atoms with Crippen LogP contribution in [0.1, 0.15) is 44.3 Å². The van der Waals surface area contributed by atoms with Gasteiger partial charge < -0.3 is 21.3 Å². The molecule has 1 aromatic heterocycles. The summed E-state index contributed by atoms with van der Waals surface area (Å²) in [6.45, 7) is 6.87. The summed E-state index contributed by atoms with van der Waals surface area (Å²) in [5.74, 6) is 1.28. The highest BCUT2D eigenvalue weighted by Crippen LogP contribution is 2.41. The summed E-state index contributed by atoms with van der Waals surface area (Å²) in [7, 11) is 0. The minimum absolute atomic E-state index is 0.0920. The standard InChI is InChI=1S/C10H16N6.C8H12N2/c11-8-13-7(14-9(12)15-8)10-1-4-16(5-2-10)6-3-10;9-7-8-1-4-10(5-2-8)6-3-8/h1-6H2,(H4,11,12,13,14,15);1-6H2. The number of fused-ring (bicyclic) bond motifs is 6. The number of anilines is 2. The first kappa shape index (κ1) is 17.4. The van der Waals surface area contributed by atoms with Crippen molar-refractivity contribution in [1.82, 2.24) is 24.8 Å². The van der Waals surface area contributed by atoms with Gasteiger partial charge in [0.1, 0.15) is 5.82 Å². The van der Waals surface area contributed by atoms with Gasteiger partial charge in [-0.3, -0.25) is 0 Å². The Kier molecular flexibility index (Phi) is 4.45. The van der Waals surface area contributed by atoms with Crippen LogP contribution in [0.2, 0.25) is 0 Å². The third-order valence-electron chi connectivity index (χ3n) is 6.82. The zero-order valence-corrected chi connectivity index (χ0v) is 15.3. The first-order valence-electron chi connectivity index (χ1n) is 9.66. The van der Waals surface area contributed by atoms with Gasteiger partial charge in [0.2, 0.25) is 11.9 Å². The molecule has 4 bridgehead atoms. The Morgan fingerprint density at radius 3 is 1.54 bits per heavy atom. The summed E-state index contributed by atoms with van der Waals surface area (Å²) in [6.07, 6.45) is 6.66. The highest BCUT2D eigenvalue weighted by Gasteiger charge is 2.43. The SMILES string of the molecule is N#CC12CCN(CC1)CC2.Nc1nc(N)nc(C23CCN(CC2)CC3)n1. The fourth-order valence-corrected chi connectivity index (χ4v) is 4.80. The van der Waals surface area contributed by atoms with Crippen molar-refractivity contribution in [1.29, 1.82) is 5.26 Å². The van der Waals surface area contributed by atoms with Gasteiger partial charge in [0.05, 0.1) is 11.5 Å². The predicted molar refractivity (Wildman–Crippen MR) is 99.0 cm³/mol. The Balaban J connectivity index is 0.000000144. The molecular formula is C18H28N8. The van der Waals surface area contributed by atoms with E-state index < -0.39 is 0 Å². The lowest BCUT2D eigenvalue weighted by molar-refractivity contribution is 0.0666. The average Bonchev–Trinajstić information content (AvgIpc) is 2.71. The van der Waals surface area contributed by atoms with Crippen molar-refractivity contribution in [3.05, 3.63) is 5.82 Å². The van der Waals surface area contributed by atoms with Crippen molar-refractivity contribution in [3.8, 4) is 6.07 Å². The predicted octanol–water partition coefficient (Wildman–Crippen LogP) is 0.769. The van der Waals surface area contributed by atoms with E-state index in [-0.39, 0.29) is 22.7 Å². The summed E-state index contributed by atoms with van der Waals surface area (Å²) < 4.78 is 0. The summed E-state index contributed by atoms with van der Waals surface area (Å²) in [5, 5.41) is 8.90. The normalized spacial score (nSPS) is 37.5. The van der Waals surface area contributed by atoms with Gasteiger partial charge in [-0.05, 0) is 77.8 Å². The number of aromatic nitrogens is 3. The lowest BCUT2D eigenvalue weighted by Gasteiger charge is -2.47. The fraction of sp³-hybridized carbons (Fsp3) is 0.778. The van der Waals surface area contributed by atoms with E-state index in [1.54, 1.807) is 0 Å². The van der Waals surface area contributed by atoms with Gasteiger partial charge in [-0.25, -0.2) is 0 Å². The van der Waals surface area contributed by atoms with E-state index in [0.717, 1.165) is 83.6 Å². The molecule has 8 heteroatoms. The second-order valence-electron chi connectivity index (χ2n) is 8.23. The van der Waals surface area contributed by atoms with Gasteiger partial charge in [-0.15, -0.1) is 0 Å². The summed E-state index contributed by atoms with van der Waals surface area (Å²) in [6, 6.07) is 2.48. The molecule has 7 heterocycles. The molecule has 1 aromatic rings. The van der Waals surface area contributed by atoms with Crippen LogP contribution in [0, 0.1) is 16.7 Å². The summed E-state index contributed by atoms with van der Waals surface area (Å²) >= 11 is 0. The number of piperidine rings is 6. The van der Waals surface area contributed by atoms with Crippen LogP contribution in [-0.4, -0.2) is 64.0 Å². The lowest BCUT2D eigenvalue weighted by atomic mass is 9.71. The van der Waals surface area contributed by atoms with Crippen LogP contribution in [0.25, 0.3) is 0 Å². The number of rotatable bonds is 1. The lowest BCUT2D eigenvalue weighted by Crippen LogP contribution is -2.51. The van der Waals surface area contributed by atoms with Crippen molar-refractivity contribution < 1.29 is 0 Å². The maximum absolute atomic E-state index is 8.90. The minimum Gasteiger partial charge on any atom is -0.368 e. The summed E-state index contributed by atoms with van der Waals surface area (Å²) in [5.41, 5.74) is 11.5. The van der Waals surface area contributed by atoms with E-state index in [2.05, 4.69) is 30.8 Å². The molecule has 0 aliphatic carbocycles. The molecule has 6 fully saturated rings. The second-order valence-corrected chi connectivity index (χ2v) is 8.23. The smallest absolute Gasteiger partial charge is 0.225 e. The molecule has 0 radical (unpaired) electrons. The Bertz CT molecular complexity index is 648. The summed E-state index contributed by atoms with van der Waals surface area (Å²) in [4.78, 5) is 17.3.